The fraction of sp³-hybridized carbons (Fsp3) is 0.250. The van der Waals surface area contributed by atoms with Crippen molar-refractivity contribution < 1.29 is 9.53 Å². The molecule has 0 aliphatic heterocycles. The molecule has 0 saturated heterocycles. The monoisotopic (exact) mass is 297 g/mol. The van der Waals surface area contributed by atoms with E-state index >= 15 is 0 Å². The maximum Gasteiger partial charge on any atom is 0.262 e. The maximum atomic E-state index is 11.7. The summed E-state index contributed by atoms with van der Waals surface area (Å²) in [5, 5.41) is 17.8. The lowest BCUT2D eigenvalue weighted by Crippen LogP contribution is -2.35. The Hall–Kier alpha value is -1.95. The van der Waals surface area contributed by atoms with E-state index in [1.807, 2.05) is 0 Å². The fourth-order valence-corrected chi connectivity index (χ4v) is 1.69. The van der Waals surface area contributed by atoms with Crippen molar-refractivity contribution in [2.75, 3.05) is 19.7 Å². The zero-order chi connectivity index (χ0) is 14.3. The molecule has 0 spiro atoms. The van der Waals surface area contributed by atoms with Crippen molar-refractivity contribution in [1.82, 2.24) is 4.90 Å². The van der Waals surface area contributed by atoms with Gasteiger partial charge >= 0.3 is 0 Å². The summed E-state index contributed by atoms with van der Waals surface area (Å²) in [4.78, 5) is 12.8. The second-order valence-electron chi connectivity index (χ2n) is 3.43. The third kappa shape index (κ3) is 4.67. The number of rotatable bonds is 5. The molecule has 1 aromatic carbocycles. The van der Waals surface area contributed by atoms with Crippen molar-refractivity contribution in [3.8, 4) is 17.9 Å². The largest absolute Gasteiger partial charge is 0.482 e. The quantitative estimate of drug-likeness (QED) is 0.781. The van der Waals surface area contributed by atoms with E-state index in [4.69, 9.17) is 38.5 Å². The summed E-state index contributed by atoms with van der Waals surface area (Å²) >= 11 is 11.6. The van der Waals surface area contributed by atoms with Crippen LogP contribution in [0.25, 0.3) is 0 Å². The van der Waals surface area contributed by atoms with Gasteiger partial charge in [0.1, 0.15) is 18.8 Å². The lowest BCUT2D eigenvalue weighted by molar-refractivity contribution is -0.132. The maximum absolute atomic E-state index is 11.7. The minimum Gasteiger partial charge on any atom is -0.482 e. The SMILES string of the molecule is N#CCN(CC#N)C(=O)COc1ccc(Cl)cc1Cl. The lowest BCUT2D eigenvalue weighted by atomic mass is 10.3. The number of hydrogen-bond donors (Lipinski definition) is 0. The summed E-state index contributed by atoms with van der Waals surface area (Å²) in [6.07, 6.45) is 0. The second kappa shape index (κ2) is 7.48. The van der Waals surface area contributed by atoms with E-state index in [2.05, 4.69) is 0 Å². The number of nitrogens with zero attached hydrogens (tertiary/aromatic N) is 3. The smallest absolute Gasteiger partial charge is 0.262 e. The van der Waals surface area contributed by atoms with Gasteiger partial charge in [-0.1, -0.05) is 23.2 Å². The van der Waals surface area contributed by atoms with Gasteiger partial charge in [0, 0.05) is 5.02 Å². The van der Waals surface area contributed by atoms with Gasteiger partial charge in [-0.3, -0.25) is 4.79 Å². The molecule has 0 radical (unpaired) electrons. The highest BCUT2D eigenvalue weighted by atomic mass is 35.5. The van der Waals surface area contributed by atoms with Crippen LogP contribution in [0, 0.1) is 22.7 Å². The molecule has 0 saturated carbocycles. The van der Waals surface area contributed by atoms with Crippen molar-refractivity contribution in [1.29, 1.82) is 10.5 Å². The van der Waals surface area contributed by atoms with Crippen LogP contribution in [0.4, 0.5) is 0 Å². The van der Waals surface area contributed by atoms with Crippen LogP contribution in [-0.2, 0) is 4.79 Å². The molecule has 1 rings (SSSR count). The molecule has 0 N–H and O–H groups in total. The van der Waals surface area contributed by atoms with Crippen LogP contribution < -0.4 is 4.74 Å². The Labute approximate surface area is 120 Å². The van der Waals surface area contributed by atoms with Crippen LogP contribution in [0.5, 0.6) is 5.75 Å². The first-order chi connectivity index (χ1) is 9.08. The molecule has 19 heavy (non-hydrogen) atoms. The molecule has 0 aromatic heterocycles. The van der Waals surface area contributed by atoms with E-state index in [9.17, 15) is 4.79 Å². The Bertz CT molecular complexity index is 533. The molecule has 1 aromatic rings. The predicted octanol–water partition coefficient (Wildman–Crippen LogP) is 2.25. The van der Waals surface area contributed by atoms with E-state index < -0.39 is 5.91 Å². The first kappa shape index (κ1) is 15.1. The summed E-state index contributed by atoms with van der Waals surface area (Å²) in [5.74, 6) is -0.151. The molecule has 1 amide bonds. The third-order valence-electron chi connectivity index (χ3n) is 2.12. The second-order valence-corrected chi connectivity index (χ2v) is 4.27. The van der Waals surface area contributed by atoms with E-state index in [0.717, 1.165) is 4.90 Å². The summed E-state index contributed by atoms with van der Waals surface area (Å²) in [5.41, 5.74) is 0. The number of hydrogen-bond acceptors (Lipinski definition) is 4. The zero-order valence-corrected chi connectivity index (χ0v) is 11.3. The molecular weight excluding hydrogens is 289 g/mol. The summed E-state index contributed by atoms with van der Waals surface area (Å²) < 4.78 is 5.23. The first-order valence-corrected chi connectivity index (χ1v) is 5.93. The Balaban J connectivity index is 2.63. The number of carbonyl (C=O) groups excluding carboxylic acids is 1. The van der Waals surface area contributed by atoms with Gasteiger partial charge in [-0.15, -0.1) is 0 Å². The van der Waals surface area contributed by atoms with Crippen LogP contribution in [0.1, 0.15) is 0 Å². The van der Waals surface area contributed by atoms with Gasteiger partial charge in [0.05, 0.1) is 17.2 Å². The number of ether oxygens (including phenoxy) is 1. The van der Waals surface area contributed by atoms with Gasteiger partial charge in [0.15, 0.2) is 6.61 Å². The van der Waals surface area contributed by atoms with E-state index in [0.29, 0.717) is 10.8 Å². The van der Waals surface area contributed by atoms with Crippen LogP contribution >= 0.6 is 23.2 Å². The zero-order valence-electron chi connectivity index (χ0n) is 9.77. The number of carbonyl (C=O) groups is 1. The molecule has 0 heterocycles. The van der Waals surface area contributed by atoms with Crippen molar-refractivity contribution in [3.05, 3.63) is 28.2 Å². The lowest BCUT2D eigenvalue weighted by Gasteiger charge is -2.16. The minimum atomic E-state index is -0.464. The fourth-order valence-electron chi connectivity index (χ4n) is 1.23. The van der Waals surface area contributed by atoms with Crippen molar-refractivity contribution in [3.63, 3.8) is 0 Å². The summed E-state index contributed by atoms with van der Waals surface area (Å²) in [7, 11) is 0. The summed E-state index contributed by atoms with van der Waals surface area (Å²) in [6, 6.07) is 8.22. The normalized spacial score (nSPS) is 9.26. The standard InChI is InChI=1S/C12H9Cl2N3O2/c13-9-1-2-11(10(14)7-9)19-8-12(18)17(5-3-15)6-4-16/h1-2,7H,5-6,8H2. The number of benzene rings is 1. The van der Waals surface area contributed by atoms with Crippen molar-refractivity contribution in [2.45, 2.75) is 0 Å². The molecule has 5 nitrogen and oxygen atoms in total. The molecule has 0 aliphatic rings. The Kier molecular flexibility index (Phi) is 5.95. The predicted molar refractivity (Wildman–Crippen MR) is 69.8 cm³/mol. The van der Waals surface area contributed by atoms with Crippen molar-refractivity contribution in [2.24, 2.45) is 0 Å². The van der Waals surface area contributed by atoms with E-state index in [1.165, 1.54) is 12.1 Å². The Morgan fingerprint density at radius 1 is 1.26 bits per heavy atom. The average molecular weight is 298 g/mol. The number of nitriles is 2. The van der Waals surface area contributed by atoms with Gasteiger partial charge in [-0.25, -0.2) is 0 Å². The molecule has 7 heteroatoms. The van der Waals surface area contributed by atoms with E-state index in [-0.39, 0.29) is 24.7 Å². The molecule has 0 atom stereocenters. The van der Waals surface area contributed by atoms with E-state index in [1.54, 1.807) is 18.2 Å². The Morgan fingerprint density at radius 2 is 1.89 bits per heavy atom. The molecule has 0 bridgehead atoms. The van der Waals surface area contributed by atoms with Crippen LogP contribution in [0.3, 0.4) is 0 Å². The highest BCUT2D eigenvalue weighted by Crippen LogP contribution is 2.27. The van der Waals surface area contributed by atoms with Gasteiger partial charge in [0.2, 0.25) is 0 Å². The summed E-state index contributed by atoms with van der Waals surface area (Å²) in [6.45, 7) is -0.626. The van der Waals surface area contributed by atoms with Crippen LogP contribution in [0.15, 0.2) is 18.2 Å². The highest BCUT2D eigenvalue weighted by Gasteiger charge is 2.14. The molecule has 0 fully saturated rings. The van der Waals surface area contributed by atoms with Gasteiger partial charge in [-0.2, -0.15) is 10.5 Å². The van der Waals surface area contributed by atoms with Crippen LogP contribution in [0.2, 0.25) is 10.0 Å². The Morgan fingerprint density at radius 3 is 2.42 bits per heavy atom. The number of amides is 1. The molecular formula is C12H9Cl2N3O2. The van der Waals surface area contributed by atoms with Crippen molar-refractivity contribution >= 4 is 29.1 Å². The average Bonchev–Trinajstić information content (AvgIpc) is 2.37. The van der Waals surface area contributed by atoms with Gasteiger partial charge in [-0.05, 0) is 18.2 Å². The first-order valence-electron chi connectivity index (χ1n) is 5.18. The third-order valence-corrected chi connectivity index (χ3v) is 2.65. The topological polar surface area (TPSA) is 77.1 Å². The minimum absolute atomic E-state index is 0.163. The van der Waals surface area contributed by atoms with Gasteiger partial charge in [0.25, 0.3) is 5.91 Å². The number of halogens is 2. The molecule has 0 aliphatic carbocycles. The van der Waals surface area contributed by atoms with Gasteiger partial charge < -0.3 is 9.64 Å². The van der Waals surface area contributed by atoms with Crippen LogP contribution in [-0.4, -0.2) is 30.5 Å². The molecule has 98 valence electrons. The molecule has 0 unspecified atom stereocenters. The highest BCUT2D eigenvalue weighted by molar-refractivity contribution is 6.35.